The van der Waals surface area contributed by atoms with E-state index >= 15 is 0 Å². The van der Waals surface area contributed by atoms with Crippen molar-refractivity contribution in [2.24, 2.45) is 0 Å². The minimum Gasteiger partial charge on any atom is -0.398 e. The van der Waals surface area contributed by atoms with Crippen LogP contribution >= 0.6 is 0 Å². The number of hydrogen-bond donors (Lipinski definition) is 2. The summed E-state index contributed by atoms with van der Waals surface area (Å²) in [6.45, 7) is 2.94. The molecule has 0 spiro atoms. The minimum absolute atomic E-state index is 0.0651. The summed E-state index contributed by atoms with van der Waals surface area (Å²) < 4.78 is 38.8. The number of benzene rings is 2. The van der Waals surface area contributed by atoms with E-state index in [2.05, 4.69) is 24.0 Å². The Morgan fingerprint density at radius 2 is 1.85 bits per heavy atom. The van der Waals surface area contributed by atoms with Crippen molar-refractivity contribution >= 4 is 11.4 Å². The van der Waals surface area contributed by atoms with Crippen molar-refractivity contribution in [1.29, 1.82) is 0 Å². The van der Waals surface area contributed by atoms with Crippen molar-refractivity contribution in [3.05, 3.63) is 59.7 Å². The van der Waals surface area contributed by atoms with Crippen LogP contribution in [0.25, 0.3) is 0 Å². The van der Waals surface area contributed by atoms with Gasteiger partial charge in [0.1, 0.15) is 0 Å². The molecule has 1 aliphatic heterocycles. The van der Waals surface area contributed by atoms with E-state index in [9.17, 15) is 18.3 Å². The summed E-state index contributed by atoms with van der Waals surface area (Å²) in [6.07, 6.45) is -4.71. The molecule has 0 amide bonds. The molecule has 6 heteroatoms. The van der Waals surface area contributed by atoms with Crippen LogP contribution in [0, 0.1) is 0 Å². The summed E-state index contributed by atoms with van der Waals surface area (Å²) in [7, 11) is 0. The van der Waals surface area contributed by atoms with Gasteiger partial charge in [-0.3, -0.25) is 0 Å². The molecule has 3 rings (SSSR count). The third-order valence-electron chi connectivity index (χ3n) is 5.49. The smallest absolute Gasteiger partial charge is 0.398 e. The molecule has 3 N–H and O–H groups in total. The lowest BCUT2D eigenvalue weighted by Crippen LogP contribution is -2.41. The van der Waals surface area contributed by atoms with Gasteiger partial charge in [-0.1, -0.05) is 43.3 Å². The Hall–Kier alpha value is -2.21. The predicted octanol–water partition coefficient (Wildman–Crippen LogP) is 5.03. The molecule has 1 fully saturated rings. The number of halogens is 3. The SMILES string of the molecule is CCC1CC(c2cccc(C(O)C(F)(F)F)c2N)CCN1c1ccccc1. The van der Waals surface area contributed by atoms with Crippen LogP contribution in [0.3, 0.4) is 0 Å². The number of piperidine rings is 1. The second kappa shape index (κ2) is 7.80. The highest BCUT2D eigenvalue weighted by molar-refractivity contribution is 5.57. The van der Waals surface area contributed by atoms with Crippen LogP contribution in [0.1, 0.15) is 49.3 Å². The van der Waals surface area contributed by atoms with Crippen molar-refractivity contribution in [1.82, 2.24) is 0 Å². The van der Waals surface area contributed by atoms with E-state index in [1.54, 1.807) is 12.1 Å². The zero-order valence-corrected chi connectivity index (χ0v) is 15.3. The number of rotatable bonds is 4. The number of nitrogens with two attached hydrogens (primary N) is 1. The molecular weight excluding hydrogens is 353 g/mol. The second-order valence-corrected chi connectivity index (χ2v) is 7.11. The molecule has 3 unspecified atom stereocenters. The van der Waals surface area contributed by atoms with Gasteiger partial charge < -0.3 is 15.7 Å². The molecule has 3 nitrogen and oxygen atoms in total. The van der Waals surface area contributed by atoms with Crippen LogP contribution in [-0.2, 0) is 0 Å². The fourth-order valence-electron chi connectivity index (χ4n) is 4.05. The van der Waals surface area contributed by atoms with Crippen molar-refractivity contribution in [3.63, 3.8) is 0 Å². The Bertz CT molecular complexity index is 764. The minimum atomic E-state index is -4.73. The van der Waals surface area contributed by atoms with Crippen LogP contribution in [0.5, 0.6) is 0 Å². The maximum absolute atomic E-state index is 12.9. The number of nitrogens with zero attached hydrogens (tertiary/aromatic N) is 1. The van der Waals surface area contributed by atoms with Gasteiger partial charge in [0, 0.05) is 29.5 Å². The number of aliphatic hydroxyl groups excluding tert-OH is 1. The Balaban J connectivity index is 1.84. The zero-order chi connectivity index (χ0) is 19.6. The van der Waals surface area contributed by atoms with Gasteiger partial charge in [-0.15, -0.1) is 0 Å². The van der Waals surface area contributed by atoms with Gasteiger partial charge >= 0.3 is 6.18 Å². The van der Waals surface area contributed by atoms with E-state index < -0.39 is 12.3 Å². The highest BCUT2D eigenvalue weighted by atomic mass is 19.4. The topological polar surface area (TPSA) is 49.5 Å². The van der Waals surface area contributed by atoms with E-state index in [0.717, 1.165) is 31.5 Å². The lowest BCUT2D eigenvalue weighted by Gasteiger charge is -2.41. The number of alkyl halides is 3. The first-order valence-electron chi connectivity index (χ1n) is 9.27. The van der Waals surface area contributed by atoms with Crippen LogP contribution in [0.4, 0.5) is 24.5 Å². The quantitative estimate of drug-likeness (QED) is 0.734. The largest absolute Gasteiger partial charge is 0.418 e. The molecule has 0 aromatic heterocycles. The molecule has 2 aromatic rings. The fourth-order valence-corrected chi connectivity index (χ4v) is 4.05. The monoisotopic (exact) mass is 378 g/mol. The molecule has 3 atom stereocenters. The third-order valence-corrected chi connectivity index (χ3v) is 5.49. The van der Waals surface area contributed by atoms with Crippen LogP contribution in [0.2, 0.25) is 0 Å². The van der Waals surface area contributed by atoms with E-state index in [-0.39, 0.29) is 17.2 Å². The molecule has 1 aliphatic rings. The molecule has 0 bridgehead atoms. The molecule has 0 saturated carbocycles. The molecule has 1 heterocycles. The number of para-hydroxylation sites is 2. The first-order chi connectivity index (χ1) is 12.8. The Morgan fingerprint density at radius 1 is 1.15 bits per heavy atom. The van der Waals surface area contributed by atoms with Gasteiger partial charge in [-0.25, -0.2) is 0 Å². The molecule has 146 valence electrons. The van der Waals surface area contributed by atoms with Crippen LogP contribution in [-0.4, -0.2) is 23.9 Å². The average Bonchev–Trinajstić information content (AvgIpc) is 2.67. The summed E-state index contributed by atoms with van der Waals surface area (Å²) in [6, 6.07) is 15.1. The van der Waals surface area contributed by atoms with E-state index in [1.165, 1.54) is 6.07 Å². The van der Waals surface area contributed by atoms with Gasteiger partial charge in [-0.05, 0) is 42.9 Å². The van der Waals surface area contributed by atoms with Crippen molar-refractivity contribution in [3.8, 4) is 0 Å². The summed E-state index contributed by atoms with van der Waals surface area (Å²) in [5, 5.41) is 9.64. The number of anilines is 2. The van der Waals surface area contributed by atoms with Gasteiger partial charge in [0.25, 0.3) is 0 Å². The lowest BCUT2D eigenvalue weighted by molar-refractivity contribution is -0.206. The summed E-state index contributed by atoms with van der Waals surface area (Å²) in [5.74, 6) is 0.0790. The number of nitrogen functional groups attached to an aromatic ring is 1. The van der Waals surface area contributed by atoms with Gasteiger partial charge in [0.2, 0.25) is 0 Å². The van der Waals surface area contributed by atoms with Crippen molar-refractivity contribution < 1.29 is 18.3 Å². The maximum atomic E-state index is 12.9. The van der Waals surface area contributed by atoms with Gasteiger partial charge in [-0.2, -0.15) is 13.2 Å². The van der Waals surface area contributed by atoms with Crippen LogP contribution < -0.4 is 10.6 Å². The fraction of sp³-hybridized carbons (Fsp3) is 0.429. The second-order valence-electron chi connectivity index (χ2n) is 7.11. The highest BCUT2D eigenvalue weighted by Crippen LogP contribution is 2.42. The summed E-state index contributed by atoms with van der Waals surface area (Å²) in [5.41, 5.74) is 7.76. The van der Waals surface area contributed by atoms with Crippen molar-refractivity contribution in [2.45, 2.75) is 50.4 Å². The first kappa shape index (κ1) is 19.5. The number of hydrogen-bond acceptors (Lipinski definition) is 3. The maximum Gasteiger partial charge on any atom is 0.418 e. The molecule has 1 saturated heterocycles. The number of aliphatic hydroxyl groups is 1. The van der Waals surface area contributed by atoms with E-state index in [1.807, 2.05) is 18.2 Å². The molecular formula is C21H25F3N2O. The predicted molar refractivity (Wildman–Crippen MR) is 102 cm³/mol. The Labute approximate surface area is 157 Å². The third kappa shape index (κ3) is 4.05. The Morgan fingerprint density at radius 3 is 2.48 bits per heavy atom. The summed E-state index contributed by atoms with van der Waals surface area (Å²) >= 11 is 0. The highest BCUT2D eigenvalue weighted by Gasteiger charge is 2.41. The summed E-state index contributed by atoms with van der Waals surface area (Å²) in [4.78, 5) is 2.36. The normalized spacial score (nSPS) is 21.9. The van der Waals surface area contributed by atoms with E-state index in [0.29, 0.717) is 11.6 Å². The molecule has 2 aromatic carbocycles. The first-order valence-corrected chi connectivity index (χ1v) is 9.27. The zero-order valence-electron chi connectivity index (χ0n) is 15.3. The van der Waals surface area contributed by atoms with E-state index in [4.69, 9.17) is 5.73 Å². The standard InChI is InChI=1S/C21H25F3N2O/c1-2-15-13-14(11-12-26(15)16-7-4-3-5-8-16)17-9-6-10-18(19(17)25)20(27)21(22,23)24/h3-10,14-15,20,27H,2,11-13,25H2,1H3. The molecule has 0 radical (unpaired) electrons. The Kier molecular flexibility index (Phi) is 5.65. The molecule has 27 heavy (non-hydrogen) atoms. The lowest BCUT2D eigenvalue weighted by atomic mass is 9.82. The van der Waals surface area contributed by atoms with Gasteiger partial charge in [0.15, 0.2) is 6.10 Å². The van der Waals surface area contributed by atoms with Crippen molar-refractivity contribution in [2.75, 3.05) is 17.2 Å². The van der Waals surface area contributed by atoms with Crippen LogP contribution in [0.15, 0.2) is 48.5 Å². The average molecular weight is 378 g/mol. The van der Waals surface area contributed by atoms with Gasteiger partial charge in [0.05, 0.1) is 0 Å². The molecule has 0 aliphatic carbocycles.